The summed E-state index contributed by atoms with van der Waals surface area (Å²) in [7, 11) is 0.570. The van der Waals surface area contributed by atoms with E-state index >= 15 is 0 Å². The predicted molar refractivity (Wildman–Crippen MR) is 67.2 cm³/mol. The van der Waals surface area contributed by atoms with Crippen molar-refractivity contribution in [2.24, 2.45) is 5.73 Å². The van der Waals surface area contributed by atoms with Crippen molar-refractivity contribution in [1.82, 2.24) is 0 Å². The summed E-state index contributed by atoms with van der Waals surface area (Å²) in [5.74, 6) is 1.25. The van der Waals surface area contributed by atoms with Gasteiger partial charge in [-0.2, -0.15) is 0 Å². The number of rotatable bonds is 6. The Hall–Kier alpha value is -0.870. The first-order chi connectivity index (χ1) is 7.67. The Morgan fingerprint density at radius 3 is 2.88 bits per heavy atom. The monoisotopic (exact) mass is 241 g/mol. The maximum absolute atomic E-state index is 12.0. The lowest BCUT2D eigenvalue weighted by atomic mass is 10.2. The van der Waals surface area contributed by atoms with Crippen molar-refractivity contribution in [3.05, 3.63) is 24.3 Å². The zero-order chi connectivity index (χ0) is 12.0. The van der Waals surface area contributed by atoms with Crippen LogP contribution in [0.25, 0.3) is 0 Å². The van der Waals surface area contributed by atoms with E-state index in [2.05, 4.69) is 6.92 Å². The van der Waals surface area contributed by atoms with Crippen molar-refractivity contribution in [1.29, 1.82) is 0 Å². The number of hydrogen-bond donors (Lipinski definition) is 1. The topological polar surface area (TPSA) is 52.3 Å². The number of benzene rings is 1. The summed E-state index contributed by atoms with van der Waals surface area (Å²) in [5, 5.41) is 0. The fourth-order valence-electron chi connectivity index (χ4n) is 1.49. The van der Waals surface area contributed by atoms with Gasteiger partial charge in [0.2, 0.25) is 0 Å². The van der Waals surface area contributed by atoms with Gasteiger partial charge in [-0.3, -0.25) is 4.21 Å². The molecule has 2 N–H and O–H groups in total. The first-order valence-corrected chi connectivity index (χ1v) is 6.77. The lowest BCUT2D eigenvalue weighted by Gasteiger charge is -2.10. The van der Waals surface area contributed by atoms with Crippen LogP contribution < -0.4 is 10.5 Å². The Balaban J connectivity index is 2.65. The second kappa shape index (κ2) is 6.66. The maximum atomic E-state index is 12.0. The van der Waals surface area contributed by atoms with Crippen LogP contribution in [0.3, 0.4) is 0 Å². The fraction of sp³-hybridized carbons (Fsp3) is 0.500. The lowest BCUT2D eigenvalue weighted by Crippen LogP contribution is -2.26. The zero-order valence-electron chi connectivity index (χ0n) is 9.81. The third kappa shape index (κ3) is 3.94. The van der Waals surface area contributed by atoms with E-state index in [4.69, 9.17) is 10.5 Å². The summed E-state index contributed by atoms with van der Waals surface area (Å²) < 4.78 is 17.1. The highest BCUT2D eigenvalue weighted by atomic mass is 32.2. The lowest BCUT2D eigenvalue weighted by molar-refractivity contribution is 0.413. The summed E-state index contributed by atoms with van der Waals surface area (Å²) in [6.45, 7) is 2.08. The minimum Gasteiger partial charge on any atom is -0.497 e. The molecule has 1 aromatic rings. The first-order valence-electron chi connectivity index (χ1n) is 5.45. The van der Waals surface area contributed by atoms with E-state index in [1.165, 1.54) is 0 Å². The molecule has 4 heteroatoms. The molecule has 0 radical (unpaired) electrons. The van der Waals surface area contributed by atoms with Crippen LogP contribution in [0.2, 0.25) is 0 Å². The molecule has 2 atom stereocenters. The molecular formula is C12H19NO2S. The van der Waals surface area contributed by atoms with Gasteiger partial charge in [-0.05, 0) is 24.6 Å². The van der Waals surface area contributed by atoms with Crippen LogP contribution in [0, 0.1) is 0 Å². The van der Waals surface area contributed by atoms with Gasteiger partial charge in [0.15, 0.2) is 0 Å². The molecule has 90 valence electrons. The molecule has 0 saturated carbocycles. The van der Waals surface area contributed by atoms with E-state index in [9.17, 15) is 4.21 Å². The minimum atomic E-state index is -1.03. The third-order valence-corrected chi connectivity index (χ3v) is 3.84. The van der Waals surface area contributed by atoms with Crippen molar-refractivity contribution in [2.45, 2.75) is 30.7 Å². The predicted octanol–water partition coefficient (Wildman–Crippen LogP) is 1.93. The largest absolute Gasteiger partial charge is 0.497 e. The van der Waals surface area contributed by atoms with Gasteiger partial charge in [-0.1, -0.05) is 19.4 Å². The Morgan fingerprint density at radius 1 is 1.50 bits per heavy atom. The Kier molecular flexibility index (Phi) is 5.49. The summed E-state index contributed by atoms with van der Waals surface area (Å²) in [6, 6.07) is 7.34. The smallest absolute Gasteiger partial charge is 0.120 e. The average Bonchev–Trinajstić information content (AvgIpc) is 2.29. The fourth-order valence-corrected chi connectivity index (χ4v) is 2.71. The van der Waals surface area contributed by atoms with Gasteiger partial charge >= 0.3 is 0 Å². The minimum absolute atomic E-state index is 0.0111. The Bertz CT molecular complexity index is 355. The second-order valence-corrected chi connectivity index (χ2v) is 5.24. The van der Waals surface area contributed by atoms with Gasteiger partial charge in [0.1, 0.15) is 5.75 Å². The van der Waals surface area contributed by atoms with Crippen LogP contribution in [-0.2, 0) is 10.8 Å². The summed E-state index contributed by atoms with van der Waals surface area (Å²) in [5.41, 5.74) is 5.87. The van der Waals surface area contributed by atoms with Crippen molar-refractivity contribution >= 4 is 10.8 Å². The molecule has 3 nitrogen and oxygen atoms in total. The van der Waals surface area contributed by atoms with Crippen molar-refractivity contribution in [3.63, 3.8) is 0 Å². The molecule has 0 aliphatic heterocycles. The van der Waals surface area contributed by atoms with E-state index in [1.807, 2.05) is 18.2 Å². The van der Waals surface area contributed by atoms with Crippen LogP contribution in [-0.4, -0.2) is 23.1 Å². The molecule has 0 heterocycles. The molecule has 0 saturated heterocycles. The normalized spacial score (nSPS) is 14.4. The molecule has 0 fully saturated rings. The number of ether oxygens (including phenoxy) is 1. The van der Waals surface area contributed by atoms with Gasteiger partial charge in [0.25, 0.3) is 0 Å². The number of methoxy groups -OCH3 is 1. The second-order valence-electron chi connectivity index (χ2n) is 3.74. The molecule has 16 heavy (non-hydrogen) atoms. The highest BCUT2D eigenvalue weighted by Crippen LogP contribution is 2.16. The molecule has 1 aromatic carbocycles. The van der Waals surface area contributed by atoms with E-state index in [-0.39, 0.29) is 6.04 Å². The summed E-state index contributed by atoms with van der Waals surface area (Å²) in [4.78, 5) is 0.783. The summed E-state index contributed by atoms with van der Waals surface area (Å²) in [6.07, 6.45) is 1.94. The molecule has 0 aliphatic rings. The maximum Gasteiger partial charge on any atom is 0.120 e. The van der Waals surface area contributed by atoms with E-state index < -0.39 is 10.8 Å². The number of nitrogens with two attached hydrogens (primary N) is 1. The van der Waals surface area contributed by atoms with E-state index in [1.54, 1.807) is 13.2 Å². The zero-order valence-corrected chi connectivity index (χ0v) is 10.6. The highest BCUT2D eigenvalue weighted by molar-refractivity contribution is 7.85. The van der Waals surface area contributed by atoms with Crippen LogP contribution in [0.15, 0.2) is 29.2 Å². The molecule has 0 aromatic heterocycles. The highest BCUT2D eigenvalue weighted by Gasteiger charge is 2.10. The molecule has 0 amide bonds. The van der Waals surface area contributed by atoms with Gasteiger partial charge in [-0.25, -0.2) is 0 Å². The summed E-state index contributed by atoms with van der Waals surface area (Å²) >= 11 is 0. The third-order valence-electron chi connectivity index (χ3n) is 2.33. The average molecular weight is 241 g/mol. The molecule has 0 spiro atoms. The number of hydrogen-bond acceptors (Lipinski definition) is 3. The van der Waals surface area contributed by atoms with Gasteiger partial charge in [0, 0.05) is 16.7 Å². The van der Waals surface area contributed by atoms with Crippen LogP contribution >= 0.6 is 0 Å². The van der Waals surface area contributed by atoms with Crippen LogP contribution in [0.1, 0.15) is 19.8 Å². The molecular weight excluding hydrogens is 222 g/mol. The molecule has 2 unspecified atom stereocenters. The standard InChI is InChI=1S/C12H19NO2S/c1-3-5-10(13)9-16(14)12-7-4-6-11(8-12)15-2/h4,6-8,10H,3,5,9,13H2,1-2H3. The first kappa shape index (κ1) is 13.2. The molecule has 0 aliphatic carbocycles. The van der Waals surface area contributed by atoms with Gasteiger partial charge < -0.3 is 10.5 Å². The van der Waals surface area contributed by atoms with E-state index in [0.29, 0.717) is 5.75 Å². The van der Waals surface area contributed by atoms with Crippen LogP contribution in [0.4, 0.5) is 0 Å². The van der Waals surface area contributed by atoms with Crippen molar-refractivity contribution in [3.8, 4) is 5.75 Å². The van der Waals surface area contributed by atoms with Gasteiger partial charge in [-0.15, -0.1) is 0 Å². The molecule has 1 rings (SSSR count). The van der Waals surface area contributed by atoms with Crippen LogP contribution in [0.5, 0.6) is 5.75 Å². The quantitative estimate of drug-likeness (QED) is 0.828. The molecule has 0 bridgehead atoms. The van der Waals surface area contributed by atoms with Gasteiger partial charge in [0.05, 0.1) is 17.9 Å². The van der Waals surface area contributed by atoms with Crippen molar-refractivity contribution in [2.75, 3.05) is 12.9 Å². The van der Waals surface area contributed by atoms with Crippen molar-refractivity contribution < 1.29 is 8.95 Å². The Labute approximate surface area is 99.4 Å². The Morgan fingerprint density at radius 2 is 2.25 bits per heavy atom. The van der Waals surface area contributed by atoms with E-state index in [0.717, 1.165) is 23.5 Å². The SMILES string of the molecule is CCCC(N)CS(=O)c1cccc(OC)c1.